The van der Waals surface area contributed by atoms with E-state index in [9.17, 15) is 64.8 Å². The van der Waals surface area contributed by atoms with E-state index in [0.717, 1.165) is 0 Å². The number of sulfone groups is 3. The monoisotopic (exact) mass is 489 g/mol. The molecule has 0 aromatic heterocycles. The van der Waals surface area contributed by atoms with Crippen molar-refractivity contribution in [3.05, 3.63) is 12.1 Å². The van der Waals surface area contributed by atoms with Gasteiger partial charge in [-0.15, -0.1) is 0 Å². The Hall–Kier alpha value is -1.76. The molecule has 0 heterocycles. The maximum atomic E-state index is 12.6. The summed E-state index contributed by atoms with van der Waals surface area (Å²) in [5.74, 6) is 0. The Morgan fingerprint density at radius 3 is 1.04 bits per heavy atom. The predicted octanol–water partition coefficient (Wildman–Crippen LogP) is 2.15. The van der Waals surface area contributed by atoms with Crippen molar-refractivity contribution < 1.29 is 64.8 Å². The lowest BCUT2D eigenvalue weighted by Crippen LogP contribution is -2.29. The summed E-state index contributed by atoms with van der Waals surface area (Å²) < 4.78 is 182. The Kier molecular flexibility index (Phi) is 5.53. The van der Waals surface area contributed by atoms with E-state index in [4.69, 9.17) is 5.73 Å². The topological polar surface area (TPSA) is 128 Å². The SMILES string of the molecule is Nc1c(S(=O)(=O)C(F)(F)F)cc(S(=O)(=O)C(F)(F)F)cc1S(=O)(=O)C(F)(F)F. The quantitative estimate of drug-likeness (QED) is 0.509. The molecule has 0 bridgehead atoms. The Bertz CT molecular complexity index is 1050. The second-order valence-corrected chi connectivity index (χ2v) is 10.4. The fraction of sp³-hybridized carbons (Fsp3) is 0.333. The summed E-state index contributed by atoms with van der Waals surface area (Å²) in [7, 11) is -20.5. The molecule has 1 aromatic carbocycles. The van der Waals surface area contributed by atoms with Gasteiger partial charge >= 0.3 is 16.5 Å². The third-order valence-corrected chi connectivity index (χ3v) is 7.40. The van der Waals surface area contributed by atoms with E-state index >= 15 is 0 Å². The van der Waals surface area contributed by atoms with Gasteiger partial charge in [-0.2, -0.15) is 39.5 Å². The van der Waals surface area contributed by atoms with Crippen molar-refractivity contribution in [1.82, 2.24) is 0 Å². The highest BCUT2D eigenvalue weighted by atomic mass is 32.2. The molecule has 0 aliphatic carbocycles. The van der Waals surface area contributed by atoms with E-state index in [1.165, 1.54) is 0 Å². The van der Waals surface area contributed by atoms with Crippen LogP contribution >= 0.6 is 0 Å². The highest BCUT2D eigenvalue weighted by Gasteiger charge is 2.54. The maximum absolute atomic E-state index is 12.6. The molecule has 162 valence electrons. The molecule has 0 atom stereocenters. The Morgan fingerprint density at radius 1 is 0.571 bits per heavy atom. The minimum absolute atomic E-state index is 0.837. The van der Waals surface area contributed by atoms with Crippen LogP contribution in [0, 0.1) is 0 Å². The third-order valence-electron chi connectivity index (χ3n) is 2.88. The minimum Gasteiger partial charge on any atom is -0.397 e. The van der Waals surface area contributed by atoms with Crippen LogP contribution in [-0.2, 0) is 29.5 Å². The molecule has 7 nitrogen and oxygen atoms in total. The Balaban J connectivity index is 4.25. The molecule has 19 heteroatoms. The average Bonchev–Trinajstić information content (AvgIpc) is 2.42. The lowest BCUT2D eigenvalue weighted by molar-refractivity contribution is -0.0438. The normalized spacial score (nSPS) is 14.9. The summed E-state index contributed by atoms with van der Waals surface area (Å²) in [5.41, 5.74) is -16.6. The molecule has 2 N–H and O–H groups in total. The van der Waals surface area contributed by atoms with Crippen LogP contribution in [0.2, 0.25) is 0 Å². The lowest BCUT2D eigenvalue weighted by Gasteiger charge is -2.17. The second kappa shape index (κ2) is 6.37. The van der Waals surface area contributed by atoms with Gasteiger partial charge in [-0.3, -0.25) is 0 Å². The van der Waals surface area contributed by atoms with Gasteiger partial charge in [0.2, 0.25) is 0 Å². The molecule has 0 saturated heterocycles. The van der Waals surface area contributed by atoms with Crippen LogP contribution in [0.4, 0.5) is 45.2 Å². The van der Waals surface area contributed by atoms with E-state index in [1.54, 1.807) is 0 Å². The Labute approximate surface area is 149 Å². The zero-order valence-corrected chi connectivity index (χ0v) is 14.8. The Morgan fingerprint density at radius 2 is 0.821 bits per heavy atom. The molecule has 0 unspecified atom stereocenters. The van der Waals surface area contributed by atoms with Crippen LogP contribution in [0.15, 0.2) is 26.8 Å². The van der Waals surface area contributed by atoms with E-state index in [1.807, 2.05) is 0 Å². The molecule has 28 heavy (non-hydrogen) atoms. The highest BCUT2D eigenvalue weighted by molar-refractivity contribution is 7.94. The molecule has 1 aromatic rings. The lowest BCUT2D eigenvalue weighted by atomic mass is 10.3. The van der Waals surface area contributed by atoms with Crippen LogP contribution in [0.25, 0.3) is 0 Å². The van der Waals surface area contributed by atoms with Crippen LogP contribution < -0.4 is 5.73 Å². The van der Waals surface area contributed by atoms with E-state index < -0.39 is 78.5 Å². The van der Waals surface area contributed by atoms with Gasteiger partial charge in [0.15, 0.2) is 0 Å². The first-order valence-electron chi connectivity index (χ1n) is 5.87. The summed E-state index contributed by atoms with van der Waals surface area (Å²) in [6.45, 7) is 0. The maximum Gasteiger partial charge on any atom is 0.501 e. The molecule has 0 spiro atoms. The first kappa shape index (κ1) is 24.3. The number of alkyl halides is 9. The van der Waals surface area contributed by atoms with Crippen LogP contribution in [-0.4, -0.2) is 41.8 Å². The summed E-state index contributed by atoms with van der Waals surface area (Å²) >= 11 is 0. The average molecular weight is 489 g/mol. The number of nitrogen functional groups attached to an aromatic ring is 1. The van der Waals surface area contributed by atoms with Gasteiger partial charge in [0.05, 0.1) is 10.6 Å². The molecule has 0 aliphatic heterocycles. The van der Waals surface area contributed by atoms with Crippen molar-refractivity contribution in [1.29, 1.82) is 0 Å². The van der Waals surface area contributed by atoms with Crippen LogP contribution in [0.1, 0.15) is 0 Å². The number of anilines is 1. The van der Waals surface area contributed by atoms with Gasteiger partial charge in [-0.25, -0.2) is 25.3 Å². The van der Waals surface area contributed by atoms with Gasteiger partial charge in [0.25, 0.3) is 29.5 Å². The number of halogens is 9. The van der Waals surface area contributed by atoms with Crippen molar-refractivity contribution in [2.45, 2.75) is 31.2 Å². The zero-order chi connectivity index (χ0) is 22.7. The number of hydrogen-bond donors (Lipinski definition) is 1. The fourth-order valence-corrected chi connectivity index (χ4v) is 4.45. The van der Waals surface area contributed by atoms with Gasteiger partial charge in [0.1, 0.15) is 9.79 Å². The summed E-state index contributed by atoms with van der Waals surface area (Å²) in [6, 6.07) is -1.67. The van der Waals surface area contributed by atoms with Crippen LogP contribution in [0.3, 0.4) is 0 Å². The molecular formula is C9H4F9NO6S3. The van der Waals surface area contributed by atoms with Crippen LogP contribution in [0.5, 0.6) is 0 Å². The van der Waals surface area contributed by atoms with E-state index in [-0.39, 0.29) is 0 Å². The minimum atomic E-state index is -6.85. The molecule has 0 radical (unpaired) electrons. The summed E-state index contributed by atoms with van der Waals surface area (Å²) in [4.78, 5) is -7.75. The van der Waals surface area contributed by atoms with Crippen molar-refractivity contribution in [3.8, 4) is 0 Å². The third kappa shape index (κ3) is 3.73. The molecule has 0 fully saturated rings. The standard InChI is InChI=1S/C9H4F9NO6S3/c10-7(11,12)26(20,21)3-1-4(27(22,23)8(13,14)15)6(19)5(2-3)28(24,25)9(16,17)18/h1-2H,19H2. The van der Waals surface area contributed by atoms with Gasteiger partial charge in [-0.05, 0) is 12.1 Å². The molecular weight excluding hydrogens is 485 g/mol. The number of rotatable bonds is 3. The molecule has 0 amide bonds. The van der Waals surface area contributed by atoms with Crippen molar-refractivity contribution in [2.24, 2.45) is 0 Å². The van der Waals surface area contributed by atoms with Gasteiger partial charge in [-0.1, -0.05) is 0 Å². The first-order valence-corrected chi connectivity index (χ1v) is 10.3. The zero-order valence-electron chi connectivity index (χ0n) is 12.3. The number of hydrogen-bond acceptors (Lipinski definition) is 7. The molecule has 0 saturated carbocycles. The van der Waals surface area contributed by atoms with Crippen molar-refractivity contribution in [2.75, 3.05) is 5.73 Å². The number of benzene rings is 1. The summed E-state index contributed by atoms with van der Waals surface area (Å²) in [5, 5.41) is 0. The molecule has 0 aliphatic rings. The second-order valence-electron chi connectivity index (χ2n) is 4.68. The molecule has 1 rings (SSSR count). The van der Waals surface area contributed by atoms with E-state index in [2.05, 4.69) is 0 Å². The predicted molar refractivity (Wildman–Crippen MR) is 70.6 cm³/mol. The summed E-state index contributed by atoms with van der Waals surface area (Å²) in [6.07, 6.45) is 0. The van der Waals surface area contributed by atoms with Gasteiger partial charge < -0.3 is 5.73 Å². The van der Waals surface area contributed by atoms with Gasteiger partial charge in [0, 0.05) is 0 Å². The smallest absolute Gasteiger partial charge is 0.397 e. The van der Waals surface area contributed by atoms with Crippen molar-refractivity contribution in [3.63, 3.8) is 0 Å². The fourth-order valence-electron chi connectivity index (χ4n) is 1.56. The van der Waals surface area contributed by atoms with E-state index in [0.29, 0.717) is 0 Å². The van der Waals surface area contributed by atoms with Crippen molar-refractivity contribution >= 4 is 35.2 Å². The number of nitrogens with two attached hydrogens (primary N) is 1. The largest absolute Gasteiger partial charge is 0.501 e. The first-order chi connectivity index (χ1) is 12.0. The highest BCUT2D eigenvalue weighted by Crippen LogP contribution is 2.43.